The summed E-state index contributed by atoms with van der Waals surface area (Å²) in [4.78, 5) is 21.9. The Morgan fingerprint density at radius 1 is 0.688 bits per heavy atom. The molecule has 0 saturated heterocycles. The molecule has 0 heterocycles. The molecular weight excluding hydrogens is 400 g/mol. The Morgan fingerprint density at radius 3 is 1.53 bits per heavy atom. The smallest absolute Gasteiger partial charge is 0.306 e. The van der Waals surface area contributed by atoms with Crippen molar-refractivity contribution in [2.24, 2.45) is 5.92 Å². The van der Waals surface area contributed by atoms with Crippen LogP contribution in [-0.2, 0) is 14.3 Å². The Morgan fingerprint density at radius 2 is 1.12 bits per heavy atom. The van der Waals surface area contributed by atoms with Crippen LogP contribution >= 0.6 is 0 Å². The molecule has 4 heteroatoms. The van der Waals surface area contributed by atoms with Gasteiger partial charge in [0.2, 0.25) is 0 Å². The number of esters is 1. The Kier molecular flexibility index (Phi) is 21.2. The van der Waals surface area contributed by atoms with Crippen molar-refractivity contribution < 1.29 is 19.4 Å². The first kappa shape index (κ1) is 29.4. The molecule has 1 N–H and O–H groups in total. The standard InChI is InChI=1S/C28H42O4/c1-3-5-6-7-8-9-10-11-12-13-14-15-16-17-18-19-20-21-22-26(4-2)25-32-28(31)24-23-27(29)30/h5-6,8-9,11-12,14-15,17-18,20-21,26H,3-4,7,10,13,16,19,22-25H2,1-2H3,(H,29,30). The maximum atomic E-state index is 11.5. The van der Waals surface area contributed by atoms with Gasteiger partial charge in [-0.1, -0.05) is 86.8 Å². The highest BCUT2D eigenvalue weighted by molar-refractivity contribution is 5.76. The molecule has 178 valence electrons. The third kappa shape index (κ3) is 22.1. The number of carboxylic acids is 1. The molecule has 0 rings (SSSR count). The van der Waals surface area contributed by atoms with Gasteiger partial charge in [0, 0.05) is 0 Å². The van der Waals surface area contributed by atoms with Crippen LogP contribution in [0.25, 0.3) is 0 Å². The molecule has 0 spiro atoms. The highest BCUT2D eigenvalue weighted by Gasteiger charge is 2.10. The number of carboxylic acid groups (broad SMARTS) is 1. The summed E-state index contributed by atoms with van der Waals surface area (Å²) in [6, 6.07) is 0. The lowest BCUT2D eigenvalue weighted by atomic mass is 10.0. The van der Waals surface area contributed by atoms with E-state index in [2.05, 4.69) is 86.8 Å². The van der Waals surface area contributed by atoms with Crippen molar-refractivity contribution in [2.45, 2.75) is 78.1 Å². The fourth-order valence-corrected chi connectivity index (χ4v) is 2.65. The average Bonchev–Trinajstić information content (AvgIpc) is 2.78. The van der Waals surface area contributed by atoms with Gasteiger partial charge in [0.05, 0.1) is 19.4 Å². The molecule has 32 heavy (non-hydrogen) atoms. The summed E-state index contributed by atoms with van der Waals surface area (Å²) in [5.74, 6) is -1.14. The van der Waals surface area contributed by atoms with Crippen molar-refractivity contribution in [1.29, 1.82) is 0 Å². The molecule has 0 aromatic heterocycles. The van der Waals surface area contributed by atoms with Gasteiger partial charge < -0.3 is 9.84 Å². The van der Waals surface area contributed by atoms with E-state index in [1.807, 2.05) is 0 Å². The number of rotatable bonds is 19. The van der Waals surface area contributed by atoms with Gasteiger partial charge in [0.15, 0.2) is 0 Å². The topological polar surface area (TPSA) is 63.6 Å². The maximum Gasteiger partial charge on any atom is 0.306 e. The lowest BCUT2D eigenvalue weighted by Crippen LogP contribution is -2.14. The van der Waals surface area contributed by atoms with E-state index < -0.39 is 11.9 Å². The largest absolute Gasteiger partial charge is 0.481 e. The number of ether oxygens (including phenoxy) is 1. The fourth-order valence-electron chi connectivity index (χ4n) is 2.65. The van der Waals surface area contributed by atoms with Crippen LogP contribution in [-0.4, -0.2) is 23.7 Å². The van der Waals surface area contributed by atoms with Gasteiger partial charge in [-0.2, -0.15) is 0 Å². The molecule has 0 aromatic rings. The zero-order valence-electron chi connectivity index (χ0n) is 20.0. The van der Waals surface area contributed by atoms with Crippen molar-refractivity contribution in [1.82, 2.24) is 0 Å². The molecule has 0 amide bonds. The number of hydrogen-bond acceptors (Lipinski definition) is 3. The van der Waals surface area contributed by atoms with Crippen molar-refractivity contribution in [3.8, 4) is 0 Å². The molecule has 0 fully saturated rings. The molecule has 0 aliphatic heterocycles. The van der Waals surface area contributed by atoms with Crippen LogP contribution in [0.15, 0.2) is 72.9 Å². The summed E-state index contributed by atoms with van der Waals surface area (Å²) >= 11 is 0. The second-order valence-electron chi connectivity index (χ2n) is 7.50. The summed E-state index contributed by atoms with van der Waals surface area (Å²) in [5, 5.41) is 8.57. The molecule has 4 nitrogen and oxygen atoms in total. The lowest BCUT2D eigenvalue weighted by Gasteiger charge is -2.12. The van der Waals surface area contributed by atoms with Gasteiger partial charge in [0.25, 0.3) is 0 Å². The normalized spacial score (nSPS) is 13.6. The molecule has 0 bridgehead atoms. The third-order valence-electron chi connectivity index (χ3n) is 4.67. The molecule has 0 aliphatic carbocycles. The number of aliphatic carboxylic acids is 1. The minimum Gasteiger partial charge on any atom is -0.481 e. The van der Waals surface area contributed by atoms with Crippen LogP contribution in [0.2, 0.25) is 0 Å². The summed E-state index contributed by atoms with van der Waals surface area (Å²) in [5.41, 5.74) is 0. The summed E-state index contributed by atoms with van der Waals surface area (Å²) in [7, 11) is 0. The predicted molar refractivity (Wildman–Crippen MR) is 134 cm³/mol. The molecule has 0 aromatic carbocycles. The molecule has 0 radical (unpaired) electrons. The molecule has 0 saturated carbocycles. The summed E-state index contributed by atoms with van der Waals surface area (Å²) in [6.07, 6.45) is 33.6. The zero-order chi connectivity index (χ0) is 23.7. The van der Waals surface area contributed by atoms with E-state index >= 15 is 0 Å². The van der Waals surface area contributed by atoms with Gasteiger partial charge in [-0.15, -0.1) is 0 Å². The van der Waals surface area contributed by atoms with Gasteiger partial charge in [-0.05, 0) is 57.3 Å². The molecule has 0 aliphatic rings. The van der Waals surface area contributed by atoms with Gasteiger partial charge in [-0.25, -0.2) is 0 Å². The van der Waals surface area contributed by atoms with E-state index in [1.165, 1.54) is 0 Å². The third-order valence-corrected chi connectivity index (χ3v) is 4.67. The maximum absolute atomic E-state index is 11.5. The molecule has 1 atom stereocenters. The van der Waals surface area contributed by atoms with Gasteiger partial charge in [0.1, 0.15) is 0 Å². The van der Waals surface area contributed by atoms with Crippen LogP contribution < -0.4 is 0 Å². The van der Waals surface area contributed by atoms with Crippen LogP contribution in [0.5, 0.6) is 0 Å². The van der Waals surface area contributed by atoms with Crippen molar-refractivity contribution >= 4 is 11.9 Å². The van der Waals surface area contributed by atoms with Crippen LogP contribution in [0.1, 0.15) is 78.1 Å². The van der Waals surface area contributed by atoms with Crippen molar-refractivity contribution in [3.63, 3.8) is 0 Å². The fraction of sp³-hybridized carbons (Fsp3) is 0.500. The number of carbonyl (C=O) groups excluding carboxylic acids is 1. The van der Waals surface area contributed by atoms with Gasteiger partial charge in [-0.3, -0.25) is 9.59 Å². The first-order valence-corrected chi connectivity index (χ1v) is 11.9. The second kappa shape index (κ2) is 23.1. The van der Waals surface area contributed by atoms with Gasteiger partial charge >= 0.3 is 11.9 Å². The van der Waals surface area contributed by atoms with Crippen LogP contribution in [0.3, 0.4) is 0 Å². The van der Waals surface area contributed by atoms with E-state index in [9.17, 15) is 9.59 Å². The first-order chi connectivity index (χ1) is 15.6. The highest BCUT2D eigenvalue weighted by atomic mass is 16.5. The van der Waals surface area contributed by atoms with E-state index in [1.54, 1.807) is 0 Å². The minimum atomic E-state index is -0.980. The number of hydrogen-bond donors (Lipinski definition) is 1. The zero-order valence-corrected chi connectivity index (χ0v) is 20.0. The van der Waals surface area contributed by atoms with E-state index in [0.717, 1.165) is 51.4 Å². The number of carbonyl (C=O) groups is 2. The molecular formula is C28H42O4. The average molecular weight is 443 g/mol. The Labute approximate surface area is 195 Å². The predicted octanol–water partition coefficient (Wildman–Crippen LogP) is 7.51. The summed E-state index contributed by atoms with van der Waals surface area (Å²) in [6.45, 7) is 4.56. The summed E-state index contributed by atoms with van der Waals surface area (Å²) < 4.78 is 5.16. The lowest BCUT2D eigenvalue weighted by molar-refractivity contribution is -0.148. The minimum absolute atomic E-state index is 0.0638. The SMILES string of the molecule is CCC=CCC=CCC=CCC=CCC=CCC=CCC(CC)COC(=O)CCC(=O)O. The van der Waals surface area contributed by atoms with E-state index in [-0.39, 0.29) is 18.8 Å². The van der Waals surface area contributed by atoms with Crippen molar-refractivity contribution in [2.75, 3.05) is 6.61 Å². The van der Waals surface area contributed by atoms with Crippen molar-refractivity contribution in [3.05, 3.63) is 72.9 Å². The Bertz CT molecular complexity index is 650. The van der Waals surface area contributed by atoms with Crippen LogP contribution in [0.4, 0.5) is 0 Å². The Balaban J connectivity index is 3.79. The Hall–Kier alpha value is -2.62. The molecule has 1 unspecified atom stereocenters. The van der Waals surface area contributed by atoms with E-state index in [4.69, 9.17) is 9.84 Å². The highest BCUT2D eigenvalue weighted by Crippen LogP contribution is 2.11. The number of allylic oxidation sites excluding steroid dienone is 12. The van der Waals surface area contributed by atoms with E-state index in [0.29, 0.717) is 6.61 Å². The van der Waals surface area contributed by atoms with Crippen LogP contribution in [0, 0.1) is 5.92 Å². The monoisotopic (exact) mass is 442 g/mol. The quantitative estimate of drug-likeness (QED) is 0.166. The second-order valence-corrected chi connectivity index (χ2v) is 7.50. The first-order valence-electron chi connectivity index (χ1n) is 11.9.